The molecule has 6 rings (SSSR count). The summed E-state index contributed by atoms with van der Waals surface area (Å²) in [6.07, 6.45) is 3.76. The summed E-state index contributed by atoms with van der Waals surface area (Å²) in [6, 6.07) is 15.6. The molecule has 0 aliphatic carbocycles. The van der Waals surface area contributed by atoms with Crippen molar-refractivity contribution in [1.29, 1.82) is 0 Å². The van der Waals surface area contributed by atoms with E-state index < -0.39 is 0 Å². The number of hydrogen-bond donors (Lipinski definition) is 2. The van der Waals surface area contributed by atoms with Crippen LogP contribution in [-0.2, 0) is 11.3 Å². The Morgan fingerprint density at radius 2 is 1.94 bits per heavy atom. The van der Waals surface area contributed by atoms with Crippen LogP contribution in [0.2, 0.25) is 0 Å². The van der Waals surface area contributed by atoms with E-state index in [1.807, 2.05) is 54.9 Å². The second-order valence-electron chi connectivity index (χ2n) is 8.60. The van der Waals surface area contributed by atoms with Gasteiger partial charge in [0, 0.05) is 56.4 Å². The van der Waals surface area contributed by atoms with Crippen molar-refractivity contribution < 1.29 is 9.53 Å². The molecule has 0 saturated carbocycles. The molecule has 9 heteroatoms. The van der Waals surface area contributed by atoms with Crippen molar-refractivity contribution in [3.8, 4) is 17.0 Å². The quantitative estimate of drug-likeness (QED) is 0.488. The van der Waals surface area contributed by atoms with Gasteiger partial charge in [0.15, 0.2) is 6.61 Å². The lowest BCUT2D eigenvalue weighted by molar-refractivity contribution is -0.118. The van der Waals surface area contributed by atoms with Crippen LogP contribution in [0.1, 0.15) is 5.69 Å². The zero-order valence-electron chi connectivity index (χ0n) is 18.6. The van der Waals surface area contributed by atoms with Gasteiger partial charge in [-0.1, -0.05) is 6.07 Å². The van der Waals surface area contributed by atoms with Gasteiger partial charge in [0.05, 0.1) is 17.1 Å². The van der Waals surface area contributed by atoms with E-state index in [1.165, 1.54) is 0 Å². The van der Waals surface area contributed by atoms with Crippen molar-refractivity contribution in [1.82, 2.24) is 19.3 Å². The fraction of sp³-hybridized carbons (Fsp3) is 0.240. The molecule has 1 aromatic carbocycles. The lowest BCUT2D eigenvalue weighted by Gasteiger charge is -2.35. The smallest absolute Gasteiger partial charge is 0.262 e. The zero-order valence-corrected chi connectivity index (χ0v) is 18.6. The predicted molar refractivity (Wildman–Crippen MR) is 131 cm³/mol. The first kappa shape index (κ1) is 20.5. The summed E-state index contributed by atoms with van der Waals surface area (Å²) in [5.41, 5.74) is 11.2. The van der Waals surface area contributed by atoms with Gasteiger partial charge in [-0.15, -0.1) is 0 Å². The second kappa shape index (κ2) is 8.35. The van der Waals surface area contributed by atoms with Gasteiger partial charge >= 0.3 is 0 Å². The average Bonchev–Trinajstić information content (AvgIpc) is 3.22. The normalized spacial score (nSPS) is 16.2. The van der Waals surface area contributed by atoms with Gasteiger partial charge < -0.3 is 25.1 Å². The molecule has 0 spiro atoms. The van der Waals surface area contributed by atoms with Crippen molar-refractivity contribution >= 4 is 28.7 Å². The SMILES string of the molecule is Nc1ccc2nc(-c3ccc4c(c3)NC(=O)CO4)c(CN3CCN(c4ccccn4)CC3)n2c1. The number of benzene rings is 1. The molecule has 1 saturated heterocycles. The second-order valence-corrected chi connectivity index (χ2v) is 8.60. The average molecular weight is 456 g/mol. The number of rotatable bonds is 4. The molecule has 1 amide bonds. The molecule has 2 aliphatic rings. The van der Waals surface area contributed by atoms with Crippen LogP contribution in [0.4, 0.5) is 17.2 Å². The lowest BCUT2D eigenvalue weighted by atomic mass is 10.1. The molecule has 3 N–H and O–H groups in total. The van der Waals surface area contributed by atoms with Crippen LogP contribution in [0, 0.1) is 0 Å². The molecular formula is C25H25N7O2. The minimum Gasteiger partial charge on any atom is -0.482 e. The highest BCUT2D eigenvalue weighted by molar-refractivity contribution is 5.96. The van der Waals surface area contributed by atoms with E-state index in [4.69, 9.17) is 15.5 Å². The number of imidazole rings is 1. The number of hydrogen-bond acceptors (Lipinski definition) is 7. The molecule has 2 aliphatic heterocycles. The molecule has 1 fully saturated rings. The maximum atomic E-state index is 11.8. The Balaban J connectivity index is 1.31. The molecule has 172 valence electrons. The largest absolute Gasteiger partial charge is 0.482 e. The third-order valence-corrected chi connectivity index (χ3v) is 6.35. The van der Waals surface area contributed by atoms with Crippen LogP contribution in [0.25, 0.3) is 16.9 Å². The summed E-state index contributed by atoms with van der Waals surface area (Å²) in [5.74, 6) is 1.53. The summed E-state index contributed by atoms with van der Waals surface area (Å²) in [4.78, 5) is 26.0. The number of anilines is 3. The summed E-state index contributed by atoms with van der Waals surface area (Å²) in [6.45, 7) is 4.42. The van der Waals surface area contributed by atoms with E-state index >= 15 is 0 Å². The zero-order chi connectivity index (χ0) is 23.1. The Labute approximate surface area is 196 Å². The van der Waals surface area contributed by atoms with Crippen molar-refractivity contribution in [3.63, 3.8) is 0 Å². The highest BCUT2D eigenvalue weighted by atomic mass is 16.5. The molecule has 34 heavy (non-hydrogen) atoms. The van der Waals surface area contributed by atoms with Crippen LogP contribution in [-0.4, -0.2) is 58.0 Å². The minimum absolute atomic E-state index is 0.0374. The van der Waals surface area contributed by atoms with Crippen molar-refractivity contribution in [3.05, 3.63) is 66.6 Å². The van der Waals surface area contributed by atoms with Crippen LogP contribution in [0.3, 0.4) is 0 Å². The number of pyridine rings is 2. The topological polar surface area (TPSA) is 101 Å². The number of carbonyl (C=O) groups is 1. The summed E-state index contributed by atoms with van der Waals surface area (Å²) in [7, 11) is 0. The van der Waals surface area contributed by atoms with Gasteiger partial charge in [-0.3, -0.25) is 9.69 Å². The molecule has 3 aromatic heterocycles. The van der Waals surface area contributed by atoms with Crippen LogP contribution in [0.15, 0.2) is 60.9 Å². The monoisotopic (exact) mass is 455 g/mol. The van der Waals surface area contributed by atoms with E-state index in [9.17, 15) is 4.79 Å². The van der Waals surface area contributed by atoms with E-state index in [0.29, 0.717) is 17.1 Å². The first-order valence-corrected chi connectivity index (χ1v) is 11.4. The molecular weight excluding hydrogens is 430 g/mol. The van der Waals surface area contributed by atoms with E-state index in [2.05, 4.69) is 30.6 Å². The van der Waals surface area contributed by atoms with Crippen molar-refractivity contribution in [2.75, 3.05) is 48.7 Å². The van der Waals surface area contributed by atoms with E-state index in [0.717, 1.165) is 61.1 Å². The standard InChI is InChI=1S/C25H25N7O2/c26-18-5-7-23-29-25(17-4-6-21-19(13-17)28-24(33)16-34-21)20(32(23)14-18)15-30-9-11-31(12-10-30)22-3-1-2-8-27-22/h1-8,13-14H,9-12,15-16,26H2,(H,28,33). The maximum Gasteiger partial charge on any atom is 0.262 e. The van der Waals surface area contributed by atoms with Gasteiger partial charge in [0.2, 0.25) is 0 Å². The summed E-state index contributed by atoms with van der Waals surface area (Å²) < 4.78 is 7.60. The number of nitrogen functional groups attached to an aromatic ring is 1. The predicted octanol–water partition coefficient (Wildman–Crippen LogP) is 2.63. The Bertz CT molecular complexity index is 1360. The highest BCUT2D eigenvalue weighted by Crippen LogP contribution is 2.34. The number of nitrogens with zero attached hydrogens (tertiary/aromatic N) is 5. The molecule has 0 atom stereocenters. The lowest BCUT2D eigenvalue weighted by Crippen LogP contribution is -2.46. The van der Waals surface area contributed by atoms with Crippen molar-refractivity contribution in [2.45, 2.75) is 6.54 Å². The Hall–Kier alpha value is -4.11. The van der Waals surface area contributed by atoms with Gasteiger partial charge in [0.1, 0.15) is 17.2 Å². The number of nitrogens with two attached hydrogens (primary N) is 1. The van der Waals surface area contributed by atoms with Gasteiger partial charge in [-0.2, -0.15) is 0 Å². The van der Waals surface area contributed by atoms with Crippen LogP contribution in [0.5, 0.6) is 5.75 Å². The number of aromatic nitrogens is 3. The van der Waals surface area contributed by atoms with Crippen LogP contribution >= 0.6 is 0 Å². The maximum absolute atomic E-state index is 11.8. The fourth-order valence-corrected chi connectivity index (χ4v) is 4.61. The van der Waals surface area contributed by atoms with E-state index in [1.54, 1.807) is 0 Å². The molecule has 4 aromatic rings. The van der Waals surface area contributed by atoms with Gasteiger partial charge in [-0.25, -0.2) is 9.97 Å². The third-order valence-electron chi connectivity index (χ3n) is 6.35. The number of nitrogens with one attached hydrogen (secondary N) is 1. The minimum atomic E-state index is -0.154. The Morgan fingerprint density at radius 1 is 1.06 bits per heavy atom. The summed E-state index contributed by atoms with van der Waals surface area (Å²) >= 11 is 0. The first-order chi connectivity index (χ1) is 16.6. The Kier molecular flexibility index (Phi) is 5.03. The van der Waals surface area contributed by atoms with E-state index in [-0.39, 0.29) is 12.5 Å². The first-order valence-electron chi connectivity index (χ1n) is 11.4. The molecule has 0 unspecified atom stereocenters. The number of piperazine rings is 1. The molecule has 5 heterocycles. The van der Waals surface area contributed by atoms with Gasteiger partial charge in [-0.05, 0) is 42.5 Å². The number of amides is 1. The fourth-order valence-electron chi connectivity index (χ4n) is 4.61. The van der Waals surface area contributed by atoms with Gasteiger partial charge in [0.25, 0.3) is 5.91 Å². The molecule has 9 nitrogen and oxygen atoms in total. The molecule has 0 radical (unpaired) electrons. The highest BCUT2D eigenvalue weighted by Gasteiger charge is 2.23. The number of carbonyl (C=O) groups excluding carboxylic acids is 1. The summed E-state index contributed by atoms with van der Waals surface area (Å²) in [5, 5.41) is 2.89. The Morgan fingerprint density at radius 3 is 2.76 bits per heavy atom. The van der Waals surface area contributed by atoms with Crippen molar-refractivity contribution in [2.24, 2.45) is 0 Å². The third kappa shape index (κ3) is 3.80. The molecule has 0 bridgehead atoms. The number of ether oxygens (including phenoxy) is 1. The number of fused-ring (bicyclic) bond motifs is 2. The van der Waals surface area contributed by atoms with Crippen LogP contribution < -0.4 is 20.7 Å².